The summed E-state index contributed by atoms with van der Waals surface area (Å²) in [6, 6.07) is 41.4. The van der Waals surface area contributed by atoms with Gasteiger partial charge in [-0.3, -0.25) is 4.57 Å². The van der Waals surface area contributed by atoms with Crippen LogP contribution in [0.3, 0.4) is 0 Å². The highest BCUT2D eigenvalue weighted by Crippen LogP contribution is 2.46. The van der Waals surface area contributed by atoms with Crippen molar-refractivity contribution in [3.05, 3.63) is 142 Å². The first-order valence-corrected chi connectivity index (χ1v) is 22.5. The van der Waals surface area contributed by atoms with Crippen molar-refractivity contribution in [1.82, 2.24) is 14.5 Å². The fourth-order valence-electron chi connectivity index (χ4n) is 8.52. The van der Waals surface area contributed by atoms with E-state index in [2.05, 4.69) is 210 Å². The van der Waals surface area contributed by atoms with Gasteiger partial charge in [-0.1, -0.05) is 156 Å². The fourth-order valence-corrected chi connectivity index (χ4v) is 9.56. The van der Waals surface area contributed by atoms with Crippen LogP contribution in [-0.4, -0.2) is 19.6 Å². The standard InChI is InChI=1S/C56H61N3OS/c1-34-44(33-53(2,3)4)42-26-27-46(57-52(42)61-34)37-28-36(29-38(30-37)54(5,6)7)41-23-19-25-48-49(41)58-51(43-31-39(55(8,9)10)32-45(50(43)60)56(11,12)13)59(48)47-24-18-17-22-40(47)35-20-15-14-16-21-35/h14-32,60H,33H2,1-13H3. The Bertz CT molecular complexity index is 2940. The number of nitrogens with zero attached hydrogens (tertiary/aromatic N) is 3. The van der Waals surface area contributed by atoms with E-state index in [1.165, 1.54) is 21.4 Å². The van der Waals surface area contributed by atoms with Crippen LogP contribution < -0.4 is 0 Å². The molecule has 0 radical (unpaired) electrons. The van der Waals surface area contributed by atoms with E-state index < -0.39 is 0 Å². The number of fused-ring (bicyclic) bond motifs is 2. The van der Waals surface area contributed by atoms with E-state index in [0.29, 0.717) is 5.82 Å². The van der Waals surface area contributed by atoms with Crippen LogP contribution in [-0.2, 0) is 22.7 Å². The molecule has 0 spiro atoms. The normalized spacial score (nSPS) is 12.8. The van der Waals surface area contributed by atoms with E-state index in [-0.39, 0.29) is 27.4 Å². The van der Waals surface area contributed by atoms with Crippen LogP contribution in [0, 0.1) is 12.3 Å². The van der Waals surface area contributed by atoms with Crippen molar-refractivity contribution >= 4 is 32.6 Å². The maximum Gasteiger partial charge on any atom is 0.149 e. The molecular formula is C56H61N3OS. The largest absolute Gasteiger partial charge is 0.507 e. The number of para-hydroxylation sites is 2. The summed E-state index contributed by atoms with van der Waals surface area (Å²) in [6.07, 6.45) is 1.02. The minimum Gasteiger partial charge on any atom is -0.507 e. The number of hydrogen-bond acceptors (Lipinski definition) is 4. The van der Waals surface area contributed by atoms with Gasteiger partial charge in [0, 0.05) is 32.5 Å². The van der Waals surface area contributed by atoms with E-state index in [4.69, 9.17) is 9.97 Å². The van der Waals surface area contributed by atoms with Gasteiger partial charge in [0.1, 0.15) is 16.4 Å². The summed E-state index contributed by atoms with van der Waals surface area (Å²) in [4.78, 5) is 13.4. The molecule has 0 unspecified atom stereocenters. The molecule has 8 aromatic rings. The van der Waals surface area contributed by atoms with Crippen molar-refractivity contribution in [3.8, 4) is 56.3 Å². The molecule has 0 fully saturated rings. The van der Waals surface area contributed by atoms with Gasteiger partial charge in [0.05, 0.1) is 28.0 Å². The molecule has 3 aromatic heterocycles. The lowest BCUT2D eigenvalue weighted by Crippen LogP contribution is -2.17. The number of imidazole rings is 1. The molecule has 0 bridgehead atoms. The topological polar surface area (TPSA) is 50.9 Å². The zero-order valence-electron chi connectivity index (χ0n) is 38.4. The number of aryl methyl sites for hydroxylation is 1. The number of phenolic OH excluding ortho intramolecular Hbond substituents is 1. The van der Waals surface area contributed by atoms with Gasteiger partial charge in [0.2, 0.25) is 0 Å². The van der Waals surface area contributed by atoms with E-state index in [9.17, 15) is 5.11 Å². The third-order valence-corrected chi connectivity index (χ3v) is 13.0. The Hall–Kier alpha value is -5.52. The first-order chi connectivity index (χ1) is 28.6. The van der Waals surface area contributed by atoms with Gasteiger partial charge in [-0.2, -0.15) is 0 Å². The van der Waals surface area contributed by atoms with Gasteiger partial charge >= 0.3 is 0 Å². The summed E-state index contributed by atoms with van der Waals surface area (Å²) in [7, 11) is 0. The minimum atomic E-state index is -0.305. The Labute approximate surface area is 367 Å². The van der Waals surface area contributed by atoms with Gasteiger partial charge in [0.15, 0.2) is 0 Å². The van der Waals surface area contributed by atoms with Crippen molar-refractivity contribution < 1.29 is 5.11 Å². The molecule has 1 N–H and O–H groups in total. The predicted molar refractivity (Wildman–Crippen MR) is 262 cm³/mol. The van der Waals surface area contributed by atoms with Crippen LogP contribution in [0.4, 0.5) is 0 Å². The number of rotatable bonds is 6. The molecule has 0 atom stereocenters. The van der Waals surface area contributed by atoms with Gasteiger partial charge in [-0.15, -0.1) is 11.3 Å². The molecule has 0 aliphatic rings. The van der Waals surface area contributed by atoms with Crippen LogP contribution in [0.15, 0.2) is 115 Å². The quantitative estimate of drug-likeness (QED) is 0.182. The second-order valence-corrected chi connectivity index (χ2v) is 22.4. The van der Waals surface area contributed by atoms with Crippen LogP contribution >= 0.6 is 11.3 Å². The van der Waals surface area contributed by atoms with E-state index in [1.807, 2.05) is 0 Å². The number of aromatic nitrogens is 3. The third-order valence-electron chi connectivity index (χ3n) is 11.9. The van der Waals surface area contributed by atoms with Crippen LogP contribution in [0.5, 0.6) is 5.75 Å². The van der Waals surface area contributed by atoms with Crippen molar-refractivity contribution in [2.24, 2.45) is 5.41 Å². The smallest absolute Gasteiger partial charge is 0.149 e. The lowest BCUT2D eigenvalue weighted by atomic mass is 9.79. The van der Waals surface area contributed by atoms with Gasteiger partial charge in [-0.25, -0.2) is 9.97 Å². The zero-order chi connectivity index (χ0) is 43.8. The molecule has 3 heterocycles. The molecule has 0 amide bonds. The summed E-state index contributed by atoms with van der Waals surface area (Å²) in [5.74, 6) is 0.974. The molecule has 0 aliphatic heterocycles. The van der Waals surface area contributed by atoms with E-state index in [0.717, 1.165) is 78.2 Å². The molecule has 4 nitrogen and oxygen atoms in total. The monoisotopic (exact) mass is 823 g/mol. The second-order valence-electron chi connectivity index (χ2n) is 21.2. The predicted octanol–water partition coefficient (Wildman–Crippen LogP) is 15.8. The number of phenols is 1. The Kier molecular flexibility index (Phi) is 10.5. The van der Waals surface area contributed by atoms with Crippen molar-refractivity contribution in [1.29, 1.82) is 0 Å². The highest BCUT2D eigenvalue weighted by Gasteiger charge is 2.30. The molecule has 61 heavy (non-hydrogen) atoms. The molecular weight excluding hydrogens is 763 g/mol. The summed E-state index contributed by atoms with van der Waals surface area (Å²) in [5.41, 5.74) is 14.2. The first kappa shape index (κ1) is 42.2. The highest BCUT2D eigenvalue weighted by molar-refractivity contribution is 7.18. The van der Waals surface area contributed by atoms with Gasteiger partial charge < -0.3 is 5.11 Å². The Morgan fingerprint density at radius 3 is 1.89 bits per heavy atom. The molecule has 0 saturated heterocycles. The van der Waals surface area contributed by atoms with Crippen LogP contribution in [0.2, 0.25) is 0 Å². The third kappa shape index (κ3) is 8.17. The van der Waals surface area contributed by atoms with Crippen LogP contribution in [0.1, 0.15) is 110 Å². The second kappa shape index (κ2) is 15.1. The Balaban J connectivity index is 1.42. The summed E-state index contributed by atoms with van der Waals surface area (Å²) in [6.45, 7) is 29.2. The summed E-state index contributed by atoms with van der Waals surface area (Å²) in [5, 5.41) is 13.7. The van der Waals surface area contributed by atoms with Crippen molar-refractivity contribution in [3.63, 3.8) is 0 Å². The average Bonchev–Trinajstić information content (AvgIpc) is 3.72. The Morgan fingerprint density at radius 1 is 0.574 bits per heavy atom. The minimum absolute atomic E-state index is 0.121. The number of benzene rings is 5. The van der Waals surface area contributed by atoms with Crippen molar-refractivity contribution in [2.45, 2.75) is 113 Å². The maximum atomic E-state index is 12.4. The maximum absolute atomic E-state index is 12.4. The lowest BCUT2D eigenvalue weighted by molar-refractivity contribution is 0.412. The average molecular weight is 824 g/mol. The molecule has 5 aromatic carbocycles. The van der Waals surface area contributed by atoms with Crippen LogP contribution in [0.25, 0.3) is 71.8 Å². The molecule has 0 saturated carbocycles. The molecule has 8 rings (SSSR count). The van der Waals surface area contributed by atoms with E-state index in [1.54, 1.807) is 11.3 Å². The lowest BCUT2D eigenvalue weighted by Gasteiger charge is -2.27. The Morgan fingerprint density at radius 2 is 1.21 bits per heavy atom. The SMILES string of the molecule is Cc1sc2nc(-c3cc(-c4cccc5c4nc(-c4cc(C(C)(C)C)cc(C(C)(C)C)c4O)n5-c4ccccc4-c4ccccc4)cc(C(C)(C)C)c3)ccc2c1CC(C)(C)C. The number of hydrogen-bond donors (Lipinski definition) is 1. The highest BCUT2D eigenvalue weighted by atomic mass is 32.1. The number of pyridine rings is 1. The fraction of sp³-hybridized carbons (Fsp3) is 0.321. The zero-order valence-corrected chi connectivity index (χ0v) is 39.2. The number of aromatic hydroxyl groups is 1. The molecule has 0 aliphatic carbocycles. The van der Waals surface area contributed by atoms with Gasteiger partial charge in [-0.05, 0) is 105 Å². The summed E-state index contributed by atoms with van der Waals surface area (Å²) < 4.78 is 2.27. The first-order valence-electron chi connectivity index (χ1n) is 21.7. The number of thiophene rings is 1. The molecule has 312 valence electrons. The molecule has 5 heteroatoms. The van der Waals surface area contributed by atoms with Gasteiger partial charge in [0.25, 0.3) is 0 Å². The summed E-state index contributed by atoms with van der Waals surface area (Å²) >= 11 is 1.80. The van der Waals surface area contributed by atoms with E-state index >= 15 is 0 Å². The van der Waals surface area contributed by atoms with Crippen molar-refractivity contribution in [2.75, 3.05) is 0 Å².